The smallest absolute Gasteiger partial charge is 0.176 e. The Hall–Kier alpha value is -0.430. The largest absolute Gasteiger partial charge is 0.389 e. The maximum Gasteiger partial charge on any atom is 0.176 e. The van der Waals surface area contributed by atoms with E-state index in [9.17, 15) is 19.7 Å². The maximum absolute atomic E-state index is 14.0. The van der Waals surface area contributed by atoms with E-state index in [4.69, 9.17) is 32.4 Å². The van der Waals surface area contributed by atoms with Crippen LogP contribution in [0.1, 0.15) is 6.42 Å². The SMILES string of the molecule is NC[C@H]1O[C@H](O[C@H]2[C@H](O)[C@@H](O)C(N)C[C@@H]2N)[C@H](N)[C@H](F)[C@@H]1O. The number of aliphatic hydroxyl groups excluding tert-OH is 3. The van der Waals surface area contributed by atoms with Crippen molar-refractivity contribution in [2.24, 2.45) is 22.9 Å². The van der Waals surface area contributed by atoms with Crippen LogP contribution in [0.25, 0.3) is 0 Å². The molecule has 0 aromatic carbocycles. The van der Waals surface area contributed by atoms with Gasteiger partial charge in [0.05, 0.1) is 12.1 Å². The summed E-state index contributed by atoms with van der Waals surface area (Å²) in [5.41, 5.74) is 22.6. The zero-order chi connectivity index (χ0) is 16.6. The number of halogens is 1. The molecule has 2 aliphatic rings. The Kier molecular flexibility index (Phi) is 5.69. The van der Waals surface area contributed by atoms with E-state index < -0.39 is 61.1 Å². The van der Waals surface area contributed by atoms with Crippen LogP contribution in [-0.2, 0) is 9.47 Å². The van der Waals surface area contributed by atoms with Gasteiger partial charge >= 0.3 is 0 Å². The molecule has 22 heavy (non-hydrogen) atoms. The third-order valence-electron chi connectivity index (χ3n) is 4.31. The molecule has 1 aliphatic heterocycles. The van der Waals surface area contributed by atoms with Crippen molar-refractivity contribution in [3.8, 4) is 0 Å². The Morgan fingerprint density at radius 2 is 1.68 bits per heavy atom. The first-order chi connectivity index (χ1) is 10.3. The molecule has 0 radical (unpaired) electrons. The first kappa shape index (κ1) is 17.9. The summed E-state index contributed by atoms with van der Waals surface area (Å²) < 4.78 is 24.8. The normalized spacial score (nSPS) is 53.5. The average molecular weight is 324 g/mol. The van der Waals surface area contributed by atoms with Crippen LogP contribution in [0.15, 0.2) is 0 Å². The Labute approximate surface area is 127 Å². The fourth-order valence-corrected chi connectivity index (χ4v) is 2.87. The summed E-state index contributed by atoms with van der Waals surface area (Å²) in [5, 5.41) is 29.5. The zero-order valence-electron chi connectivity index (χ0n) is 12.0. The van der Waals surface area contributed by atoms with Crippen molar-refractivity contribution in [3.05, 3.63) is 0 Å². The summed E-state index contributed by atoms with van der Waals surface area (Å²) in [4.78, 5) is 0. The van der Waals surface area contributed by atoms with Crippen molar-refractivity contribution in [1.82, 2.24) is 0 Å². The summed E-state index contributed by atoms with van der Waals surface area (Å²) in [7, 11) is 0. The summed E-state index contributed by atoms with van der Waals surface area (Å²) in [5.74, 6) is 0. The number of hydrogen-bond acceptors (Lipinski definition) is 9. The summed E-state index contributed by atoms with van der Waals surface area (Å²) in [6, 6.07) is -2.63. The fraction of sp³-hybridized carbons (Fsp3) is 1.00. The number of hydrogen-bond donors (Lipinski definition) is 7. The maximum atomic E-state index is 14.0. The van der Waals surface area contributed by atoms with E-state index in [1.165, 1.54) is 0 Å². The van der Waals surface area contributed by atoms with E-state index in [1.807, 2.05) is 0 Å². The molecule has 1 saturated carbocycles. The Morgan fingerprint density at radius 3 is 2.27 bits per heavy atom. The lowest BCUT2D eigenvalue weighted by Gasteiger charge is -2.45. The molecule has 2 fully saturated rings. The van der Waals surface area contributed by atoms with Gasteiger partial charge in [-0.25, -0.2) is 4.39 Å². The van der Waals surface area contributed by atoms with E-state index in [-0.39, 0.29) is 13.0 Å². The summed E-state index contributed by atoms with van der Waals surface area (Å²) in [6.45, 7) is -0.124. The van der Waals surface area contributed by atoms with Gasteiger partial charge in [0.1, 0.15) is 30.6 Å². The lowest BCUT2D eigenvalue weighted by atomic mass is 9.84. The van der Waals surface area contributed by atoms with Gasteiger partial charge in [-0.2, -0.15) is 0 Å². The quantitative estimate of drug-likeness (QED) is 0.271. The highest BCUT2D eigenvalue weighted by Gasteiger charge is 2.48. The van der Waals surface area contributed by atoms with Crippen LogP contribution < -0.4 is 22.9 Å². The predicted octanol–water partition coefficient (Wildman–Crippen LogP) is -4.14. The van der Waals surface area contributed by atoms with E-state index in [0.717, 1.165) is 0 Å². The molecule has 0 aromatic heterocycles. The highest BCUT2D eigenvalue weighted by molar-refractivity contribution is 4.99. The Bertz CT molecular complexity index is 379. The summed E-state index contributed by atoms with van der Waals surface area (Å²) in [6.07, 6.45) is -8.86. The first-order valence-electron chi connectivity index (χ1n) is 7.24. The highest BCUT2D eigenvalue weighted by Crippen LogP contribution is 2.27. The molecule has 1 aliphatic carbocycles. The van der Waals surface area contributed by atoms with Crippen LogP contribution in [0, 0.1) is 0 Å². The van der Waals surface area contributed by atoms with Gasteiger partial charge in [-0.1, -0.05) is 0 Å². The Balaban J connectivity index is 2.08. The molecule has 9 nitrogen and oxygen atoms in total. The minimum Gasteiger partial charge on any atom is -0.389 e. The van der Waals surface area contributed by atoms with Gasteiger partial charge < -0.3 is 47.7 Å². The van der Waals surface area contributed by atoms with E-state index in [0.29, 0.717) is 0 Å². The van der Waals surface area contributed by atoms with Crippen molar-refractivity contribution in [1.29, 1.82) is 0 Å². The Morgan fingerprint density at radius 1 is 1.05 bits per heavy atom. The van der Waals surface area contributed by atoms with Gasteiger partial charge in [-0.15, -0.1) is 0 Å². The van der Waals surface area contributed by atoms with Crippen LogP contribution >= 0.6 is 0 Å². The molecule has 0 amide bonds. The van der Waals surface area contributed by atoms with Gasteiger partial charge in [0, 0.05) is 18.6 Å². The van der Waals surface area contributed by atoms with Gasteiger partial charge in [0.2, 0.25) is 0 Å². The number of aliphatic hydroxyl groups is 3. The van der Waals surface area contributed by atoms with E-state index in [2.05, 4.69) is 0 Å². The van der Waals surface area contributed by atoms with Gasteiger partial charge in [0.15, 0.2) is 6.29 Å². The molecular weight excluding hydrogens is 299 g/mol. The number of nitrogens with two attached hydrogens (primary N) is 4. The molecule has 130 valence electrons. The van der Waals surface area contributed by atoms with Crippen LogP contribution in [0.5, 0.6) is 0 Å². The fourth-order valence-electron chi connectivity index (χ4n) is 2.87. The molecule has 1 heterocycles. The molecule has 1 unspecified atom stereocenters. The predicted molar refractivity (Wildman–Crippen MR) is 74.0 cm³/mol. The first-order valence-corrected chi connectivity index (χ1v) is 7.24. The van der Waals surface area contributed by atoms with Crippen LogP contribution in [0.2, 0.25) is 0 Å². The van der Waals surface area contributed by atoms with Crippen molar-refractivity contribution >= 4 is 0 Å². The molecule has 11 N–H and O–H groups in total. The molecule has 0 bridgehead atoms. The van der Waals surface area contributed by atoms with Crippen molar-refractivity contribution < 1.29 is 29.2 Å². The standard InChI is InChI=1S/C12H25FN4O5/c13-6-7(17)12(21-5(2-14)9(6)19)22-11-4(16)1-3(15)8(18)10(11)20/h3-12,18-20H,1-2,14-17H2/t3?,4-,5+,6-,7+,8-,9+,10+,11+,12+/m0/s1. The van der Waals surface area contributed by atoms with Gasteiger partial charge in [-0.3, -0.25) is 0 Å². The third-order valence-corrected chi connectivity index (χ3v) is 4.31. The lowest BCUT2D eigenvalue weighted by Crippen LogP contribution is -2.66. The second-order valence-electron chi connectivity index (χ2n) is 5.94. The molecule has 0 aromatic rings. The van der Waals surface area contributed by atoms with Crippen LogP contribution in [0.3, 0.4) is 0 Å². The monoisotopic (exact) mass is 324 g/mol. The molecular formula is C12H25FN4O5. The topological polar surface area (TPSA) is 183 Å². The third kappa shape index (κ3) is 3.25. The van der Waals surface area contributed by atoms with Crippen molar-refractivity contribution in [2.45, 2.75) is 67.5 Å². The van der Waals surface area contributed by atoms with Crippen molar-refractivity contribution in [3.63, 3.8) is 0 Å². The van der Waals surface area contributed by atoms with Crippen LogP contribution in [0.4, 0.5) is 4.39 Å². The molecule has 10 atom stereocenters. The summed E-state index contributed by atoms with van der Waals surface area (Å²) >= 11 is 0. The minimum absolute atomic E-state index is 0.124. The van der Waals surface area contributed by atoms with Gasteiger partial charge in [0.25, 0.3) is 0 Å². The van der Waals surface area contributed by atoms with Gasteiger partial charge in [-0.05, 0) is 6.42 Å². The van der Waals surface area contributed by atoms with Crippen LogP contribution in [-0.4, -0.2) is 83.0 Å². The number of ether oxygens (including phenoxy) is 2. The zero-order valence-corrected chi connectivity index (χ0v) is 12.0. The molecule has 10 heteroatoms. The van der Waals surface area contributed by atoms with E-state index >= 15 is 0 Å². The average Bonchev–Trinajstić information content (AvgIpc) is 2.49. The molecule has 0 spiro atoms. The highest BCUT2D eigenvalue weighted by atomic mass is 19.1. The molecule has 2 rings (SSSR count). The minimum atomic E-state index is -1.79. The van der Waals surface area contributed by atoms with Crippen molar-refractivity contribution in [2.75, 3.05) is 6.54 Å². The number of rotatable bonds is 3. The number of alkyl halides is 1. The second-order valence-corrected chi connectivity index (χ2v) is 5.94. The lowest BCUT2D eigenvalue weighted by molar-refractivity contribution is -0.280. The van der Waals surface area contributed by atoms with E-state index in [1.54, 1.807) is 0 Å². The second kappa shape index (κ2) is 6.99. The molecule has 1 saturated heterocycles.